The third-order valence-corrected chi connectivity index (χ3v) is 3.96. The quantitative estimate of drug-likeness (QED) is 0.855. The Hall–Kier alpha value is -1.95. The summed E-state index contributed by atoms with van der Waals surface area (Å²) in [7, 11) is 0. The molecule has 2 rings (SSSR count). The van der Waals surface area contributed by atoms with Crippen molar-refractivity contribution >= 4 is 6.09 Å². The molecule has 0 aromatic heterocycles. The van der Waals surface area contributed by atoms with Crippen molar-refractivity contribution in [1.29, 1.82) is 0 Å². The molecule has 1 saturated carbocycles. The van der Waals surface area contributed by atoms with Gasteiger partial charge in [-0.15, -0.1) is 6.42 Å². The minimum Gasteiger partial charge on any atom is -0.445 e. The molecule has 1 aliphatic carbocycles. The molecule has 0 bridgehead atoms. The summed E-state index contributed by atoms with van der Waals surface area (Å²) in [6, 6.07) is 9.61. The zero-order valence-electron chi connectivity index (χ0n) is 11.9. The van der Waals surface area contributed by atoms with Gasteiger partial charge in [0, 0.05) is 0 Å². The van der Waals surface area contributed by atoms with Gasteiger partial charge in [-0.1, -0.05) is 43.2 Å². The normalized spacial score (nSPS) is 25.5. The SMILES string of the molecule is C#CC1(NC(=O)OCc2ccccc2)CCC(C)CC1. The maximum Gasteiger partial charge on any atom is 0.408 e. The van der Waals surface area contributed by atoms with Gasteiger partial charge in [0.2, 0.25) is 0 Å². The van der Waals surface area contributed by atoms with Gasteiger partial charge in [-0.25, -0.2) is 4.79 Å². The molecule has 20 heavy (non-hydrogen) atoms. The fourth-order valence-electron chi connectivity index (χ4n) is 2.51. The fourth-order valence-corrected chi connectivity index (χ4v) is 2.51. The third kappa shape index (κ3) is 3.77. The van der Waals surface area contributed by atoms with Crippen LogP contribution in [0.1, 0.15) is 38.2 Å². The van der Waals surface area contributed by atoms with E-state index >= 15 is 0 Å². The number of rotatable bonds is 3. The minimum absolute atomic E-state index is 0.268. The number of terminal acetylenes is 1. The van der Waals surface area contributed by atoms with Gasteiger partial charge in [-0.2, -0.15) is 0 Å². The molecule has 1 aromatic rings. The summed E-state index contributed by atoms with van der Waals surface area (Å²) in [5.74, 6) is 3.43. The van der Waals surface area contributed by atoms with E-state index in [1.165, 1.54) is 0 Å². The van der Waals surface area contributed by atoms with E-state index in [0.717, 1.165) is 31.2 Å². The zero-order chi connectivity index (χ0) is 14.4. The van der Waals surface area contributed by atoms with Crippen molar-refractivity contribution in [2.24, 2.45) is 5.92 Å². The van der Waals surface area contributed by atoms with Crippen LogP contribution in [0, 0.1) is 18.3 Å². The molecule has 1 amide bonds. The predicted octanol–water partition coefficient (Wildman–Crippen LogP) is 3.49. The lowest BCUT2D eigenvalue weighted by Gasteiger charge is -2.35. The molecule has 0 heterocycles. The highest BCUT2D eigenvalue weighted by molar-refractivity contribution is 5.69. The van der Waals surface area contributed by atoms with Crippen molar-refractivity contribution in [3.05, 3.63) is 35.9 Å². The van der Waals surface area contributed by atoms with E-state index in [1.807, 2.05) is 30.3 Å². The third-order valence-electron chi connectivity index (χ3n) is 3.96. The molecular weight excluding hydrogens is 250 g/mol. The second kappa shape index (κ2) is 6.47. The Morgan fingerprint density at radius 1 is 1.40 bits per heavy atom. The summed E-state index contributed by atoms with van der Waals surface area (Å²) >= 11 is 0. The van der Waals surface area contributed by atoms with Gasteiger partial charge < -0.3 is 10.1 Å². The van der Waals surface area contributed by atoms with E-state index in [-0.39, 0.29) is 6.61 Å². The minimum atomic E-state index is -0.527. The van der Waals surface area contributed by atoms with Crippen molar-refractivity contribution in [3.63, 3.8) is 0 Å². The van der Waals surface area contributed by atoms with Crippen molar-refractivity contribution in [2.75, 3.05) is 0 Å². The number of carbonyl (C=O) groups excluding carboxylic acids is 1. The van der Waals surface area contributed by atoms with Crippen LogP contribution >= 0.6 is 0 Å². The van der Waals surface area contributed by atoms with Gasteiger partial charge in [-0.3, -0.25) is 0 Å². The molecule has 106 valence electrons. The molecule has 1 N–H and O–H groups in total. The average Bonchev–Trinajstić information content (AvgIpc) is 2.49. The van der Waals surface area contributed by atoms with Gasteiger partial charge >= 0.3 is 6.09 Å². The van der Waals surface area contributed by atoms with Gasteiger partial charge in [0.05, 0.1) is 0 Å². The number of amides is 1. The van der Waals surface area contributed by atoms with Crippen molar-refractivity contribution in [3.8, 4) is 12.3 Å². The molecule has 0 unspecified atom stereocenters. The summed E-state index contributed by atoms with van der Waals surface area (Å²) in [6.45, 7) is 2.48. The Morgan fingerprint density at radius 3 is 2.65 bits per heavy atom. The van der Waals surface area contributed by atoms with Crippen LogP contribution in [0.5, 0.6) is 0 Å². The maximum atomic E-state index is 11.9. The number of hydrogen-bond donors (Lipinski definition) is 1. The molecule has 1 aliphatic rings. The lowest BCUT2D eigenvalue weighted by molar-refractivity contribution is 0.124. The van der Waals surface area contributed by atoms with Crippen molar-refractivity contribution in [1.82, 2.24) is 5.32 Å². The first-order valence-electron chi connectivity index (χ1n) is 7.10. The molecule has 0 aliphatic heterocycles. The first-order valence-corrected chi connectivity index (χ1v) is 7.10. The number of ether oxygens (including phenoxy) is 1. The molecule has 0 spiro atoms. The number of carbonyl (C=O) groups is 1. The second-order valence-electron chi connectivity index (χ2n) is 5.60. The van der Waals surface area contributed by atoms with Crippen LogP contribution < -0.4 is 5.32 Å². The van der Waals surface area contributed by atoms with Crippen molar-refractivity contribution in [2.45, 2.75) is 44.8 Å². The summed E-state index contributed by atoms with van der Waals surface area (Å²) in [5.41, 5.74) is 0.440. The van der Waals surface area contributed by atoms with Crippen molar-refractivity contribution < 1.29 is 9.53 Å². The molecular formula is C17H21NO2. The van der Waals surface area contributed by atoms with E-state index in [9.17, 15) is 4.79 Å². The summed E-state index contributed by atoms with van der Waals surface area (Å²) in [6.07, 6.45) is 8.93. The highest BCUT2D eigenvalue weighted by Gasteiger charge is 2.34. The van der Waals surface area contributed by atoms with Gasteiger partial charge in [0.15, 0.2) is 0 Å². The second-order valence-corrected chi connectivity index (χ2v) is 5.60. The van der Waals surface area contributed by atoms with Crippen LogP contribution in [0.15, 0.2) is 30.3 Å². The highest BCUT2D eigenvalue weighted by atomic mass is 16.5. The molecule has 1 aromatic carbocycles. The summed E-state index contributed by atoms with van der Waals surface area (Å²) in [4.78, 5) is 11.9. The Kier molecular flexibility index (Phi) is 4.68. The fraction of sp³-hybridized carbons (Fsp3) is 0.471. The highest BCUT2D eigenvalue weighted by Crippen LogP contribution is 2.31. The maximum absolute atomic E-state index is 11.9. The zero-order valence-corrected chi connectivity index (χ0v) is 11.9. The molecule has 3 heteroatoms. The molecule has 0 saturated heterocycles. The summed E-state index contributed by atoms with van der Waals surface area (Å²) < 4.78 is 5.24. The largest absolute Gasteiger partial charge is 0.445 e. The monoisotopic (exact) mass is 271 g/mol. The van der Waals surface area contributed by atoms with E-state index in [0.29, 0.717) is 5.92 Å². The van der Waals surface area contributed by atoms with Crippen LogP contribution in [-0.4, -0.2) is 11.6 Å². The number of alkyl carbamates (subject to hydrolysis) is 1. The van der Waals surface area contributed by atoms with Gasteiger partial charge in [0.25, 0.3) is 0 Å². The number of hydrogen-bond acceptors (Lipinski definition) is 2. The van der Waals surface area contributed by atoms with E-state index < -0.39 is 11.6 Å². The topological polar surface area (TPSA) is 38.3 Å². The summed E-state index contributed by atoms with van der Waals surface area (Å²) in [5, 5.41) is 2.88. The first-order chi connectivity index (χ1) is 9.63. The van der Waals surface area contributed by atoms with Crippen LogP contribution in [0.4, 0.5) is 4.79 Å². The lowest BCUT2D eigenvalue weighted by atomic mass is 9.78. The standard InChI is InChI=1S/C17H21NO2/c1-3-17(11-9-14(2)10-12-17)18-16(19)20-13-15-7-5-4-6-8-15/h1,4-8,14H,9-13H2,2H3,(H,18,19). The lowest BCUT2D eigenvalue weighted by Crippen LogP contribution is -2.49. The Balaban J connectivity index is 1.85. The van der Waals surface area contributed by atoms with Gasteiger partial charge in [0.1, 0.15) is 12.1 Å². The Bertz CT molecular complexity index is 481. The Labute approximate surface area is 120 Å². The van der Waals surface area contributed by atoms with Gasteiger partial charge in [-0.05, 0) is 37.2 Å². The predicted molar refractivity (Wildman–Crippen MR) is 79.0 cm³/mol. The number of nitrogens with one attached hydrogen (secondary N) is 1. The molecule has 0 radical (unpaired) electrons. The van der Waals surface area contributed by atoms with E-state index in [4.69, 9.17) is 11.2 Å². The Morgan fingerprint density at radius 2 is 2.05 bits per heavy atom. The van der Waals surface area contributed by atoms with Crippen LogP contribution in [-0.2, 0) is 11.3 Å². The van der Waals surface area contributed by atoms with Crippen LogP contribution in [0.25, 0.3) is 0 Å². The average molecular weight is 271 g/mol. The van der Waals surface area contributed by atoms with E-state index in [1.54, 1.807) is 0 Å². The molecule has 0 atom stereocenters. The number of benzene rings is 1. The van der Waals surface area contributed by atoms with E-state index in [2.05, 4.69) is 18.2 Å². The van der Waals surface area contributed by atoms with Crippen LogP contribution in [0.2, 0.25) is 0 Å². The first kappa shape index (κ1) is 14.5. The smallest absolute Gasteiger partial charge is 0.408 e. The van der Waals surface area contributed by atoms with Crippen LogP contribution in [0.3, 0.4) is 0 Å². The molecule has 1 fully saturated rings. The molecule has 3 nitrogen and oxygen atoms in total.